The molecule has 1 rings (SSSR count). The molecule has 0 fully saturated rings. The van der Waals surface area contributed by atoms with Crippen LogP contribution in [0.25, 0.3) is 0 Å². The summed E-state index contributed by atoms with van der Waals surface area (Å²) < 4.78 is 13.1. The molecule has 1 unspecified atom stereocenters. The fourth-order valence-corrected chi connectivity index (χ4v) is 2.54. The Labute approximate surface area is 105 Å². The number of hydrogen-bond acceptors (Lipinski definition) is 5. The van der Waals surface area contributed by atoms with Crippen molar-refractivity contribution in [2.75, 3.05) is 19.0 Å². The van der Waals surface area contributed by atoms with Crippen molar-refractivity contribution < 1.29 is 9.50 Å². The molecule has 0 bridgehead atoms. The number of aliphatic hydroxyl groups excluding tert-OH is 1. The summed E-state index contributed by atoms with van der Waals surface area (Å²) in [5.74, 6) is 0.711. The van der Waals surface area contributed by atoms with Gasteiger partial charge in [-0.25, -0.2) is 9.38 Å². The van der Waals surface area contributed by atoms with Crippen LogP contribution in [0.1, 0.15) is 13.3 Å². The lowest BCUT2D eigenvalue weighted by atomic mass is 9.88. The lowest BCUT2D eigenvalue weighted by Crippen LogP contribution is -2.40. The Hall–Kier alpha value is -1.01. The molecule has 6 heteroatoms. The van der Waals surface area contributed by atoms with Gasteiger partial charge in [-0.3, -0.25) is 0 Å². The van der Waals surface area contributed by atoms with Crippen molar-refractivity contribution in [3.8, 4) is 0 Å². The van der Waals surface area contributed by atoms with Gasteiger partial charge < -0.3 is 16.6 Å². The molecule has 5 N–H and O–H groups in total. The molecule has 0 aromatic heterocycles. The first-order chi connectivity index (χ1) is 8.07. The van der Waals surface area contributed by atoms with E-state index in [1.807, 2.05) is 0 Å². The van der Waals surface area contributed by atoms with Gasteiger partial charge in [0.2, 0.25) is 0 Å². The molecule has 0 aliphatic carbocycles. The molecular weight excluding hydrogens is 241 g/mol. The van der Waals surface area contributed by atoms with E-state index in [1.165, 1.54) is 17.8 Å². The zero-order chi connectivity index (χ0) is 12.9. The number of amidine groups is 1. The maximum absolute atomic E-state index is 13.1. The first-order valence-corrected chi connectivity index (χ1v) is 6.34. The molecule has 0 aromatic carbocycles. The summed E-state index contributed by atoms with van der Waals surface area (Å²) in [7, 11) is 0. The Morgan fingerprint density at radius 3 is 2.88 bits per heavy atom. The molecule has 0 saturated heterocycles. The predicted molar refractivity (Wildman–Crippen MR) is 70.5 cm³/mol. The number of halogens is 1. The minimum Gasteiger partial charge on any atom is -0.399 e. The molecule has 0 aromatic rings. The van der Waals surface area contributed by atoms with Crippen molar-refractivity contribution in [3.63, 3.8) is 0 Å². The molecule has 0 saturated carbocycles. The second kappa shape index (κ2) is 6.07. The topological polar surface area (TPSA) is 84.6 Å². The van der Waals surface area contributed by atoms with Crippen molar-refractivity contribution in [3.05, 3.63) is 23.4 Å². The number of nitrogens with two attached hydrogens (primary N) is 2. The van der Waals surface area contributed by atoms with Gasteiger partial charge in [-0.2, -0.15) is 0 Å². The average Bonchev–Trinajstić information content (AvgIpc) is 2.35. The molecule has 96 valence electrons. The van der Waals surface area contributed by atoms with Crippen LogP contribution in [0.3, 0.4) is 0 Å². The number of rotatable bonds is 4. The zero-order valence-corrected chi connectivity index (χ0v) is 10.6. The van der Waals surface area contributed by atoms with E-state index < -0.39 is 12.2 Å². The summed E-state index contributed by atoms with van der Waals surface area (Å²) in [6, 6.07) is 0. The molecule has 4 nitrogen and oxygen atoms in total. The van der Waals surface area contributed by atoms with E-state index in [0.717, 1.165) is 0 Å². The third-order valence-corrected chi connectivity index (χ3v) is 3.56. The quantitative estimate of drug-likeness (QED) is 0.656. The molecule has 1 heterocycles. The van der Waals surface area contributed by atoms with Gasteiger partial charge >= 0.3 is 0 Å². The smallest absolute Gasteiger partial charge is 0.154 e. The Morgan fingerprint density at radius 1 is 1.71 bits per heavy atom. The Morgan fingerprint density at radius 2 is 2.41 bits per heavy atom. The molecule has 1 aliphatic rings. The summed E-state index contributed by atoms with van der Waals surface area (Å²) in [5, 5.41) is 9.89. The largest absolute Gasteiger partial charge is 0.399 e. The number of nitrogens with zero attached hydrogens (tertiary/aromatic N) is 1. The maximum atomic E-state index is 13.1. The molecule has 0 spiro atoms. The maximum Gasteiger partial charge on any atom is 0.154 e. The fourth-order valence-electron chi connectivity index (χ4n) is 1.65. The SMILES string of the molecule is C/C=C(N)\C=C(/CF)C1(CO)CCSC(N)=N1. The van der Waals surface area contributed by atoms with Crippen molar-refractivity contribution in [1.82, 2.24) is 0 Å². The van der Waals surface area contributed by atoms with Crippen molar-refractivity contribution in [2.24, 2.45) is 16.5 Å². The second-order valence-electron chi connectivity index (χ2n) is 3.83. The monoisotopic (exact) mass is 259 g/mol. The molecule has 1 atom stereocenters. The second-order valence-corrected chi connectivity index (χ2v) is 4.95. The van der Waals surface area contributed by atoms with Gasteiger partial charge in [-0.05, 0) is 25.0 Å². The van der Waals surface area contributed by atoms with Crippen LogP contribution in [0.15, 0.2) is 28.4 Å². The van der Waals surface area contributed by atoms with Crippen LogP contribution in [0, 0.1) is 0 Å². The highest BCUT2D eigenvalue weighted by Crippen LogP contribution is 2.32. The van der Waals surface area contributed by atoms with Gasteiger partial charge in [0.05, 0.1) is 6.61 Å². The molecule has 0 radical (unpaired) electrons. The average molecular weight is 259 g/mol. The van der Waals surface area contributed by atoms with Crippen LogP contribution < -0.4 is 11.5 Å². The van der Waals surface area contributed by atoms with Gasteiger partial charge in [0.1, 0.15) is 12.2 Å². The van der Waals surface area contributed by atoms with E-state index in [2.05, 4.69) is 4.99 Å². The van der Waals surface area contributed by atoms with Crippen molar-refractivity contribution in [1.29, 1.82) is 0 Å². The standard InChI is InChI=1S/C11H18FN3OS/c1-2-9(13)5-8(6-12)11(7-16)3-4-17-10(14)15-11/h2,5,16H,3-4,6-7,13H2,1H3,(H2,14,15)/b8-5+,9-2+. The number of aliphatic imine (C=N–C) groups is 1. The number of alkyl halides is 1. The van der Waals surface area contributed by atoms with Crippen LogP contribution in [-0.2, 0) is 0 Å². The summed E-state index contributed by atoms with van der Waals surface area (Å²) in [6.45, 7) is 0.805. The highest BCUT2D eigenvalue weighted by Gasteiger charge is 2.36. The van der Waals surface area contributed by atoms with E-state index in [9.17, 15) is 9.50 Å². The van der Waals surface area contributed by atoms with Gasteiger partial charge in [0.15, 0.2) is 5.17 Å². The van der Waals surface area contributed by atoms with Crippen LogP contribution in [0.2, 0.25) is 0 Å². The fraction of sp³-hybridized carbons (Fsp3) is 0.545. The van der Waals surface area contributed by atoms with Crippen LogP contribution >= 0.6 is 11.8 Å². The van der Waals surface area contributed by atoms with E-state index in [1.54, 1.807) is 13.0 Å². The number of thioether (sulfide) groups is 1. The Kier molecular flexibility index (Phi) is 5.02. The van der Waals surface area contributed by atoms with E-state index in [0.29, 0.717) is 28.6 Å². The third-order valence-electron chi connectivity index (χ3n) is 2.77. The number of allylic oxidation sites excluding steroid dienone is 2. The van der Waals surface area contributed by atoms with Crippen molar-refractivity contribution in [2.45, 2.75) is 18.9 Å². The summed E-state index contributed by atoms with van der Waals surface area (Å²) in [6.07, 6.45) is 3.76. The molecular formula is C11H18FN3OS. The summed E-state index contributed by atoms with van der Waals surface area (Å²) in [4.78, 5) is 4.21. The van der Waals surface area contributed by atoms with Gasteiger partial charge in [0, 0.05) is 11.4 Å². The lowest BCUT2D eigenvalue weighted by molar-refractivity contribution is 0.211. The highest BCUT2D eigenvalue weighted by molar-refractivity contribution is 8.13. The van der Waals surface area contributed by atoms with Crippen molar-refractivity contribution >= 4 is 16.9 Å². The van der Waals surface area contributed by atoms with Crippen LogP contribution in [-0.4, -0.2) is 34.8 Å². The zero-order valence-electron chi connectivity index (χ0n) is 9.82. The van der Waals surface area contributed by atoms with E-state index >= 15 is 0 Å². The van der Waals surface area contributed by atoms with E-state index in [-0.39, 0.29) is 6.61 Å². The van der Waals surface area contributed by atoms with Crippen LogP contribution in [0.4, 0.5) is 4.39 Å². The Balaban J connectivity index is 3.14. The van der Waals surface area contributed by atoms with E-state index in [4.69, 9.17) is 11.5 Å². The minimum absolute atomic E-state index is 0.263. The number of hydrogen-bond donors (Lipinski definition) is 3. The first kappa shape index (κ1) is 14.1. The van der Waals surface area contributed by atoms with Crippen LogP contribution in [0.5, 0.6) is 0 Å². The van der Waals surface area contributed by atoms with Gasteiger partial charge in [0.25, 0.3) is 0 Å². The summed E-state index contributed by atoms with van der Waals surface area (Å²) >= 11 is 1.41. The minimum atomic E-state index is -0.947. The normalized spacial score (nSPS) is 26.9. The lowest BCUT2D eigenvalue weighted by Gasteiger charge is -2.32. The highest BCUT2D eigenvalue weighted by atomic mass is 32.2. The number of aliphatic hydroxyl groups is 1. The summed E-state index contributed by atoms with van der Waals surface area (Å²) in [5.41, 5.74) is 11.2. The third kappa shape index (κ3) is 3.23. The predicted octanol–water partition coefficient (Wildman–Crippen LogP) is 0.928. The molecule has 17 heavy (non-hydrogen) atoms. The Bertz CT molecular complexity index is 368. The first-order valence-electron chi connectivity index (χ1n) is 5.35. The van der Waals surface area contributed by atoms with Gasteiger partial charge in [-0.15, -0.1) is 0 Å². The molecule has 0 amide bonds. The van der Waals surface area contributed by atoms with Gasteiger partial charge in [-0.1, -0.05) is 17.8 Å². The molecule has 1 aliphatic heterocycles.